The highest BCUT2D eigenvalue weighted by molar-refractivity contribution is 14.0. The van der Waals surface area contributed by atoms with Gasteiger partial charge < -0.3 is 15.5 Å². The molecule has 0 bridgehead atoms. The summed E-state index contributed by atoms with van der Waals surface area (Å²) in [5.74, 6) is 1.57. The van der Waals surface area contributed by atoms with Crippen molar-refractivity contribution in [2.75, 3.05) is 52.4 Å². The number of carbonyl (C=O) groups excluding carboxylic acids is 1. The number of rotatable bonds is 8. The van der Waals surface area contributed by atoms with E-state index in [0.29, 0.717) is 11.8 Å². The number of piperazine rings is 1. The van der Waals surface area contributed by atoms with Crippen molar-refractivity contribution < 1.29 is 4.79 Å². The van der Waals surface area contributed by atoms with Crippen molar-refractivity contribution in [1.29, 1.82) is 0 Å². The third kappa shape index (κ3) is 7.67. The molecule has 1 aromatic heterocycles. The second kappa shape index (κ2) is 12.7. The van der Waals surface area contributed by atoms with Gasteiger partial charge in [0, 0.05) is 63.5 Å². The third-order valence-electron chi connectivity index (χ3n) is 5.51. The highest BCUT2D eigenvalue weighted by atomic mass is 127. The van der Waals surface area contributed by atoms with Gasteiger partial charge in [-0.25, -0.2) is 4.98 Å². The average Bonchev–Trinajstić information content (AvgIpc) is 3.06. The van der Waals surface area contributed by atoms with Crippen LogP contribution in [0.25, 0.3) is 0 Å². The topological polar surface area (TPSA) is 72.9 Å². The van der Waals surface area contributed by atoms with Crippen molar-refractivity contribution in [3.05, 3.63) is 16.1 Å². The number of thiazole rings is 1. The number of aryl methyl sites for hydroxylation is 1. The summed E-state index contributed by atoms with van der Waals surface area (Å²) >= 11 is 1.70. The Morgan fingerprint density at radius 3 is 2.62 bits per heavy atom. The molecule has 1 aliphatic carbocycles. The maximum absolute atomic E-state index is 12.3. The van der Waals surface area contributed by atoms with Gasteiger partial charge >= 0.3 is 0 Å². The Hall–Kier alpha value is -0.940. The van der Waals surface area contributed by atoms with E-state index in [4.69, 9.17) is 4.99 Å². The van der Waals surface area contributed by atoms with E-state index in [1.165, 1.54) is 6.42 Å². The molecule has 0 radical (unpaired) electrons. The molecule has 1 saturated heterocycles. The Morgan fingerprint density at radius 1 is 1.28 bits per heavy atom. The summed E-state index contributed by atoms with van der Waals surface area (Å²) in [4.78, 5) is 26.0. The predicted octanol–water partition coefficient (Wildman–Crippen LogP) is 2.11. The second-order valence-corrected chi connectivity index (χ2v) is 8.65. The van der Waals surface area contributed by atoms with Crippen LogP contribution in [0.15, 0.2) is 10.4 Å². The highest BCUT2D eigenvalue weighted by Crippen LogP contribution is 2.28. The summed E-state index contributed by atoms with van der Waals surface area (Å²) in [6, 6.07) is 0. The molecule has 9 heteroatoms. The summed E-state index contributed by atoms with van der Waals surface area (Å²) in [6.07, 6.45) is 4.32. The molecule has 1 amide bonds. The number of nitrogens with one attached hydrogen (secondary N) is 2. The second-order valence-electron chi connectivity index (χ2n) is 7.59. The fraction of sp³-hybridized carbons (Fsp3) is 0.750. The molecule has 164 valence electrons. The van der Waals surface area contributed by atoms with Gasteiger partial charge in [0.2, 0.25) is 5.91 Å². The van der Waals surface area contributed by atoms with E-state index in [9.17, 15) is 4.79 Å². The first-order valence-corrected chi connectivity index (χ1v) is 11.5. The van der Waals surface area contributed by atoms with E-state index in [0.717, 1.165) is 88.3 Å². The Bertz CT molecular complexity index is 655. The Labute approximate surface area is 195 Å². The van der Waals surface area contributed by atoms with Gasteiger partial charge in [0.1, 0.15) is 0 Å². The van der Waals surface area contributed by atoms with Crippen LogP contribution in [0.4, 0.5) is 0 Å². The predicted molar refractivity (Wildman–Crippen MR) is 130 cm³/mol. The first kappa shape index (κ1) is 24.3. The summed E-state index contributed by atoms with van der Waals surface area (Å²) in [5.41, 5.74) is 1.14. The number of halogens is 1. The molecule has 0 aromatic carbocycles. The fourth-order valence-electron chi connectivity index (χ4n) is 3.58. The lowest BCUT2D eigenvalue weighted by molar-refractivity contribution is -0.139. The number of amides is 1. The van der Waals surface area contributed by atoms with Gasteiger partial charge in [0.15, 0.2) is 5.96 Å². The van der Waals surface area contributed by atoms with Crippen molar-refractivity contribution in [1.82, 2.24) is 25.4 Å². The largest absolute Gasteiger partial charge is 0.357 e. The summed E-state index contributed by atoms with van der Waals surface area (Å²) in [7, 11) is 0. The van der Waals surface area contributed by atoms with E-state index >= 15 is 0 Å². The average molecular weight is 535 g/mol. The molecular weight excluding hydrogens is 499 g/mol. The summed E-state index contributed by atoms with van der Waals surface area (Å²) < 4.78 is 0. The first-order valence-electron chi connectivity index (χ1n) is 10.6. The highest BCUT2D eigenvalue weighted by Gasteiger charge is 2.30. The van der Waals surface area contributed by atoms with Crippen molar-refractivity contribution in [3.8, 4) is 0 Å². The van der Waals surface area contributed by atoms with Crippen molar-refractivity contribution in [2.45, 2.75) is 39.5 Å². The molecule has 0 atom stereocenters. The molecular formula is C20H35IN6OS. The maximum atomic E-state index is 12.3. The lowest BCUT2D eigenvalue weighted by atomic mass is 9.84. The van der Waals surface area contributed by atoms with Crippen LogP contribution in [-0.2, 0) is 11.2 Å². The molecule has 2 heterocycles. The van der Waals surface area contributed by atoms with Gasteiger partial charge in [-0.15, -0.1) is 35.3 Å². The van der Waals surface area contributed by atoms with Gasteiger partial charge in [0.05, 0.1) is 17.2 Å². The van der Waals surface area contributed by atoms with E-state index in [1.807, 2.05) is 6.92 Å². The Balaban J connectivity index is 0.00000300. The van der Waals surface area contributed by atoms with Gasteiger partial charge in [0.25, 0.3) is 0 Å². The Morgan fingerprint density at radius 2 is 2.03 bits per heavy atom. The maximum Gasteiger partial charge on any atom is 0.225 e. The van der Waals surface area contributed by atoms with Crippen molar-refractivity contribution in [3.63, 3.8) is 0 Å². The number of nitrogens with zero attached hydrogens (tertiary/aromatic N) is 4. The van der Waals surface area contributed by atoms with Crippen LogP contribution in [0.2, 0.25) is 0 Å². The zero-order valence-electron chi connectivity index (χ0n) is 17.7. The molecule has 3 rings (SSSR count). The SMILES string of the molecule is CCNC(=NCCN1CCN(C(=O)C2CCC2)CC1)NCCc1csc(C)n1.I. The number of hydrogen-bond donors (Lipinski definition) is 2. The molecule has 1 saturated carbocycles. The molecule has 0 spiro atoms. The number of aromatic nitrogens is 1. The van der Waals surface area contributed by atoms with Crippen molar-refractivity contribution >= 4 is 47.2 Å². The van der Waals surface area contributed by atoms with Crippen LogP contribution >= 0.6 is 35.3 Å². The van der Waals surface area contributed by atoms with Gasteiger partial charge in [-0.2, -0.15) is 0 Å². The van der Waals surface area contributed by atoms with Crippen LogP contribution in [-0.4, -0.2) is 79.0 Å². The molecule has 2 fully saturated rings. The van der Waals surface area contributed by atoms with Crippen LogP contribution in [0, 0.1) is 12.8 Å². The normalized spacial score (nSPS) is 18.1. The van der Waals surface area contributed by atoms with Gasteiger partial charge in [-0.3, -0.25) is 14.7 Å². The smallest absolute Gasteiger partial charge is 0.225 e. The standard InChI is InChI=1S/C20H34N6OS.HI/c1-3-21-20(22-8-7-18-15-28-16(2)24-18)23-9-10-25-11-13-26(14-12-25)19(27)17-5-4-6-17;/h15,17H,3-14H2,1-2H3,(H2,21,22,23);1H. The monoisotopic (exact) mass is 534 g/mol. The van der Waals surface area contributed by atoms with Crippen LogP contribution in [0.3, 0.4) is 0 Å². The minimum Gasteiger partial charge on any atom is -0.357 e. The lowest BCUT2D eigenvalue weighted by Gasteiger charge is -2.38. The zero-order chi connectivity index (χ0) is 19.8. The third-order valence-corrected chi connectivity index (χ3v) is 6.33. The van der Waals surface area contributed by atoms with Crippen LogP contribution in [0.5, 0.6) is 0 Å². The van der Waals surface area contributed by atoms with Crippen LogP contribution in [0.1, 0.15) is 36.9 Å². The van der Waals surface area contributed by atoms with E-state index in [-0.39, 0.29) is 24.0 Å². The molecule has 2 N–H and O–H groups in total. The quantitative estimate of drug-likeness (QED) is 0.304. The molecule has 7 nitrogen and oxygen atoms in total. The van der Waals surface area contributed by atoms with Gasteiger partial charge in [-0.05, 0) is 26.7 Å². The summed E-state index contributed by atoms with van der Waals surface area (Å²) in [6.45, 7) is 11.2. The fourth-order valence-corrected chi connectivity index (χ4v) is 4.23. The Kier molecular flexibility index (Phi) is 10.6. The van der Waals surface area contributed by atoms with Gasteiger partial charge in [-0.1, -0.05) is 6.42 Å². The molecule has 1 aliphatic heterocycles. The minimum atomic E-state index is 0. The lowest BCUT2D eigenvalue weighted by Crippen LogP contribution is -2.51. The van der Waals surface area contributed by atoms with E-state index in [1.54, 1.807) is 11.3 Å². The summed E-state index contributed by atoms with van der Waals surface area (Å²) in [5, 5.41) is 9.94. The van der Waals surface area contributed by atoms with Crippen molar-refractivity contribution in [2.24, 2.45) is 10.9 Å². The number of hydrogen-bond acceptors (Lipinski definition) is 5. The molecule has 0 unspecified atom stereocenters. The van der Waals surface area contributed by atoms with E-state index in [2.05, 4.69) is 37.7 Å². The molecule has 29 heavy (non-hydrogen) atoms. The van der Waals surface area contributed by atoms with E-state index < -0.39 is 0 Å². The number of carbonyl (C=O) groups is 1. The number of guanidine groups is 1. The minimum absolute atomic E-state index is 0. The first-order chi connectivity index (χ1) is 13.7. The zero-order valence-corrected chi connectivity index (χ0v) is 20.8. The number of aliphatic imine (C=N–C) groups is 1. The van der Waals surface area contributed by atoms with Crippen LogP contribution < -0.4 is 10.6 Å². The molecule has 1 aromatic rings. The molecule has 2 aliphatic rings.